The maximum absolute atomic E-state index is 12.2. The number of carbonyl (C=O) groups excluding carboxylic acids is 1. The fraction of sp³-hybridized carbons (Fsp3) is 0.0769. The number of amides is 1. The van der Waals surface area contributed by atoms with Gasteiger partial charge in [-0.3, -0.25) is 4.79 Å². The molecule has 3 nitrogen and oxygen atoms in total. The van der Waals surface area contributed by atoms with E-state index < -0.39 is 0 Å². The molecule has 0 spiro atoms. The molecule has 1 N–H and O–H groups in total. The van der Waals surface area contributed by atoms with Crippen molar-refractivity contribution in [2.45, 2.75) is 6.92 Å². The average molecular weight is 496 g/mol. The Hall–Kier alpha value is -0.470. The Labute approximate surface area is 141 Å². The molecule has 2 aromatic rings. The lowest BCUT2D eigenvalue weighted by molar-refractivity contribution is 0.102. The Kier molecular flexibility index (Phi) is 4.97. The van der Waals surface area contributed by atoms with Crippen LogP contribution in [0.1, 0.15) is 15.9 Å². The van der Waals surface area contributed by atoms with Gasteiger partial charge in [-0.15, -0.1) is 0 Å². The Morgan fingerprint density at radius 2 is 2.05 bits per heavy atom. The maximum Gasteiger partial charge on any atom is 0.256 e. The molecule has 0 saturated heterocycles. The van der Waals surface area contributed by atoms with Crippen LogP contribution in [0.3, 0.4) is 0 Å². The average Bonchev–Trinajstić information content (AvgIpc) is 2.36. The van der Waals surface area contributed by atoms with Gasteiger partial charge in [0.25, 0.3) is 5.91 Å². The van der Waals surface area contributed by atoms with Gasteiger partial charge in [0.1, 0.15) is 4.60 Å². The van der Waals surface area contributed by atoms with Crippen LogP contribution in [0.15, 0.2) is 39.5 Å². The summed E-state index contributed by atoms with van der Waals surface area (Å²) in [6.45, 7) is 1.92. The van der Waals surface area contributed by atoms with Gasteiger partial charge in [-0.25, -0.2) is 4.98 Å². The first kappa shape index (κ1) is 14.9. The number of hydrogen-bond acceptors (Lipinski definition) is 2. The fourth-order valence-corrected chi connectivity index (χ4v) is 2.63. The highest BCUT2D eigenvalue weighted by atomic mass is 127. The lowest BCUT2D eigenvalue weighted by Gasteiger charge is -2.08. The summed E-state index contributed by atoms with van der Waals surface area (Å²) in [5, 5.41) is 2.84. The quantitative estimate of drug-likeness (QED) is 0.481. The number of hydrogen-bond donors (Lipinski definition) is 1. The van der Waals surface area contributed by atoms with E-state index in [1.54, 1.807) is 6.20 Å². The Morgan fingerprint density at radius 1 is 1.32 bits per heavy atom. The van der Waals surface area contributed by atoms with Crippen LogP contribution in [0.2, 0.25) is 0 Å². The van der Waals surface area contributed by atoms with Gasteiger partial charge in [0.05, 0.1) is 17.4 Å². The second kappa shape index (κ2) is 6.32. The summed E-state index contributed by atoms with van der Waals surface area (Å²) < 4.78 is 2.56. The van der Waals surface area contributed by atoms with Gasteiger partial charge in [0.15, 0.2) is 0 Å². The van der Waals surface area contributed by atoms with Crippen molar-refractivity contribution in [3.8, 4) is 0 Å². The molecule has 1 heterocycles. The SMILES string of the molecule is Cc1cc(NC(=O)c2cc(I)ccc2Br)cnc1Br. The van der Waals surface area contributed by atoms with Crippen LogP contribution >= 0.6 is 54.5 Å². The van der Waals surface area contributed by atoms with Gasteiger partial charge in [0, 0.05) is 8.04 Å². The van der Waals surface area contributed by atoms with Crippen LogP contribution in [0.5, 0.6) is 0 Å². The molecule has 0 aliphatic rings. The molecule has 0 aliphatic heterocycles. The van der Waals surface area contributed by atoms with Crippen molar-refractivity contribution in [3.63, 3.8) is 0 Å². The van der Waals surface area contributed by atoms with Gasteiger partial charge >= 0.3 is 0 Å². The van der Waals surface area contributed by atoms with E-state index in [2.05, 4.69) is 64.8 Å². The molecule has 0 saturated carbocycles. The number of nitrogens with one attached hydrogen (secondary N) is 1. The molecular weight excluding hydrogens is 487 g/mol. The molecule has 0 radical (unpaired) electrons. The second-order valence-electron chi connectivity index (χ2n) is 3.91. The lowest BCUT2D eigenvalue weighted by atomic mass is 10.2. The summed E-state index contributed by atoms with van der Waals surface area (Å²) in [6.07, 6.45) is 1.62. The molecule has 0 unspecified atom stereocenters. The van der Waals surface area contributed by atoms with Crippen molar-refractivity contribution >= 4 is 66.0 Å². The van der Waals surface area contributed by atoms with E-state index in [1.807, 2.05) is 31.2 Å². The first-order valence-corrected chi connectivity index (χ1v) is 8.02. The Bertz CT molecular complexity index is 647. The van der Waals surface area contributed by atoms with E-state index in [1.165, 1.54) is 0 Å². The smallest absolute Gasteiger partial charge is 0.256 e. The predicted molar refractivity (Wildman–Crippen MR) is 91.5 cm³/mol. The van der Waals surface area contributed by atoms with E-state index in [0.29, 0.717) is 11.3 Å². The number of aryl methyl sites for hydroxylation is 1. The van der Waals surface area contributed by atoms with Gasteiger partial charge < -0.3 is 5.32 Å². The summed E-state index contributed by atoms with van der Waals surface area (Å²) in [4.78, 5) is 16.4. The predicted octanol–water partition coefficient (Wildman–Crippen LogP) is 4.77. The largest absolute Gasteiger partial charge is 0.321 e. The lowest BCUT2D eigenvalue weighted by Crippen LogP contribution is -2.13. The van der Waals surface area contributed by atoms with Crippen LogP contribution in [0, 0.1) is 10.5 Å². The third-order valence-electron chi connectivity index (χ3n) is 2.45. The standard InChI is InChI=1S/C13H9Br2IN2O/c1-7-4-9(6-17-12(7)15)18-13(19)10-5-8(16)2-3-11(10)14/h2-6H,1H3,(H,18,19). The monoisotopic (exact) mass is 494 g/mol. The minimum absolute atomic E-state index is 0.158. The maximum atomic E-state index is 12.2. The fourth-order valence-electron chi connectivity index (χ4n) is 1.50. The van der Waals surface area contributed by atoms with Crippen molar-refractivity contribution in [1.29, 1.82) is 0 Å². The molecule has 19 heavy (non-hydrogen) atoms. The number of benzene rings is 1. The van der Waals surface area contributed by atoms with Crippen molar-refractivity contribution in [2.75, 3.05) is 5.32 Å². The van der Waals surface area contributed by atoms with Crippen LogP contribution < -0.4 is 5.32 Å². The van der Waals surface area contributed by atoms with E-state index >= 15 is 0 Å². The van der Waals surface area contributed by atoms with Crippen molar-refractivity contribution < 1.29 is 4.79 Å². The zero-order valence-electron chi connectivity index (χ0n) is 9.88. The number of rotatable bonds is 2. The molecule has 1 amide bonds. The molecule has 1 aromatic heterocycles. The zero-order chi connectivity index (χ0) is 14.0. The number of carbonyl (C=O) groups is 1. The van der Waals surface area contributed by atoms with Crippen LogP contribution in [0.4, 0.5) is 5.69 Å². The van der Waals surface area contributed by atoms with E-state index in [9.17, 15) is 4.79 Å². The normalized spacial score (nSPS) is 10.3. The van der Waals surface area contributed by atoms with Crippen molar-refractivity contribution in [1.82, 2.24) is 4.98 Å². The minimum atomic E-state index is -0.158. The van der Waals surface area contributed by atoms with E-state index in [0.717, 1.165) is 18.2 Å². The summed E-state index contributed by atoms with van der Waals surface area (Å²) in [5.41, 5.74) is 2.25. The molecular formula is C13H9Br2IN2O. The Morgan fingerprint density at radius 3 is 2.74 bits per heavy atom. The Balaban J connectivity index is 2.25. The number of anilines is 1. The summed E-state index contributed by atoms with van der Waals surface area (Å²) in [5.74, 6) is -0.158. The molecule has 0 fully saturated rings. The third kappa shape index (κ3) is 3.76. The summed E-state index contributed by atoms with van der Waals surface area (Å²) >= 11 is 8.89. The number of aromatic nitrogens is 1. The highest BCUT2D eigenvalue weighted by molar-refractivity contribution is 14.1. The van der Waals surface area contributed by atoms with Gasteiger partial charge in [-0.05, 0) is 91.2 Å². The van der Waals surface area contributed by atoms with Gasteiger partial charge in [-0.2, -0.15) is 0 Å². The van der Waals surface area contributed by atoms with E-state index in [4.69, 9.17) is 0 Å². The summed E-state index contributed by atoms with van der Waals surface area (Å²) in [6, 6.07) is 7.50. The van der Waals surface area contributed by atoms with Crippen LogP contribution in [-0.2, 0) is 0 Å². The first-order chi connectivity index (χ1) is 8.97. The first-order valence-electron chi connectivity index (χ1n) is 5.36. The number of nitrogens with zero attached hydrogens (tertiary/aromatic N) is 1. The molecule has 0 aliphatic carbocycles. The highest BCUT2D eigenvalue weighted by Gasteiger charge is 2.11. The van der Waals surface area contributed by atoms with Crippen LogP contribution in [-0.4, -0.2) is 10.9 Å². The summed E-state index contributed by atoms with van der Waals surface area (Å²) in [7, 11) is 0. The minimum Gasteiger partial charge on any atom is -0.321 e. The molecule has 1 aromatic carbocycles. The second-order valence-corrected chi connectivity index (χ2v) is 6.76. The van der Waals surface area contributed by atoms with Gasteiger partial charge in [-0.1, -0.05) is 0 Å². The van der Waals surface area contributed by atoms with E-state index in [-0.39, 0.29) is 5.91 Å². The van der Waals surface area contributed by atoms with Crippen molar-refractivity contribution in [2.24, 2.45) is 0 Å². The molecule has 0 bridgehead atoms. The molecule has 6 heteroatoms. The zero-order valence-corrected chi connectivity index (χ0v) is 15.2. The van der Waals surface area contributed by atoms with Crippen LogP contribution in [0.25, 0.3) is 0 Å². The molecule has 0 atom stereocenters. The number of pyridine rings is 1. The molecule has 98 valence electrons. The topological polar surface area (TPSA) is 42.0 Å². The highest BCUT2D eigenvalue weighted by Crippen LogP contribution is 2.22. The van der Waals surface area contributed by atoms with Gasteiger partial charge in [0.2, 0.25) is 0 Å². The molecule has 2 rings (SSSR count). The third-order valence-corrected chi connectivity index (χ3v) is 4.64. The van der Waals surface area contributed by atoms with Crippen molar-refractivity contribution in [3.05, 3.63) is 54.2 Å². The number of halogens is 3.